The maximum absolute atomic E-state index is 15.1. The molecule has 0 aliphatic rings. The predicted molar refractivity (Wildman–Crippen MR) is 117 cm³/mol. The van der Waals surface area contributed by atoms with E-state index < -0.39 is 35.8 Å². The van der Waals surface area contributed by atoms with E-state index in [0.29, 0.717) is 0 Å². The van der Waals surface area contributed by atoms with Gasteiger partial charge in [-0.1, -0.05) is 11.6 Å². The molecule has 0 saturated heterocycles. The lowest BCUT2D eigenvalue weighted by Crippen LogP contribution is -2.26. The number of aliphatic hydroxyl groups is 1. The molecule has 3 aromatic rings. The monoisotopic (exact) mass is 479 g/mol. The van der Waals surface area contributed by atoms with Crippen molar-refractivity contribution in [2.24, 2.45) is 0 Å². The second-order valence-electron chi connectivity index (χ2n) is 7.21. The van der Waals surface area contributed by atoms with E-state index in [1.54, 1.807) is 32.9 Å². The van der Waals surface area contributed by atoms with Gasteiger partial charge in [0.15, 0.2) is 23.2 Å². The molecule has 33 heavy (non-hydrogen) atoms. The van der Waals surface area contributed by atoms with E-state index in [0.717, 1.165) is 10.7 Å². The molecule has 3 rings (SSSR count). The van der Waals surface area contributed by atoms with Crippen LogP contribution in [0.2, 0.25) is 5.02 Å². The molecule has 0 amide bonds. The van der Waals surface area contributed by atoms with Gasteiger partial charge in [-0.3, -0.25) is 9.36 Å². The quantitative estimate of drug-likeness (QED) is 0.464. The van der Waals surface area contributed by atoms with Crippen molar-refractivity contribution in [3.8, 4) is 17.6 Å². The highest BCUT2D eigenvalue weighted by Gasteiger charge is 2.24. The fourth-order valence-electron chi connectivity index (χ4n) is 3.08. The van der Waals surface area contributed by atoms with E-state index in [9.17, 15) is 14.7 Å². The van der Waals surface area contributed by atoms with Crippen molar-refractivity contribution < 1.29 is 23.8 Å². The first-order chi connectivity index (χ1) is 15.7. The fourth-order valence-corrected chi connectivity index (χ4v) is 3.26. The first-order valence-electron chi connectivity index (χ1n) is 10.1. The number of carbonyl (C=O) groups is 1. The molecule has 0 atom stereocenters. The summed E-state index contributed by atoms with van der Waals surface area (Å²) in [7, 11) is 1.43. The van der Waals surface area contributed by atoms with E-state index in [1.165, 1.54) is 11.7 Å². The van der Waals surface area contributed by atoms with Crippen LogP contribution in [-0.4, -0.2) is 48.4 Å². The summed E-state index contributed by atoms with van der Waals surface area (Å²) in [6.07, 6.45) is -0.664. The number of methoxy groups -OCH3 is 1. The van der Waals surface area contributed by atoms with Crippen LogP contribution in [0.15, 0.2) is 23.0 Å². The van der Waals surface area contributed by atoms with Gasteiger partial charge < -0.3 is 14.6 Å². The van der Waals surface area contributed by atoms with Crippen LogP contribution in [0.3, 0.4) is 0 Å². The molecule has 0 spiro atoms. The number of aromatic nitrogens is 5. The highest BCUT2D eigenvalue weighted by atomic mass is 35.5. The fraction of sp³-hybridized carbons (Fsp3) is 0.381. The minimum Gasteiger partial charge on any atom is -0.481 e. The predicted octanol–water partition coefficient (Wildman–Crippen LogP) is 2.35. The average Bonchev–Trinajstić information content (AvgIpc) is 3.10. The van der Waals surface area contributed by atoms with Gasteiger partial charge in [-0.15, -0.1) is 5.10 Å². The maximum atomic E-state index is 15.1. The number of rotatable bonds is 9. The summed E-state index contributed by atoms with van der Waals surface area (Å²) in [4.78, 5) is 33.9. The lowest BCUT2D eigenvalue weighted by molar-refractivity contribution is 0.0984. The van der Waals surface area contributed by atoms with Gasteiger partial charge in [-0.05, 0) is 32.9 Å². The molecule has 12 heteroatoms. The Morgan fingerprint density at radius 2 is 2.03 bits per heavy atom. The van der Waals surface area contributed by atoms with Crippen molar-refractivity contribution in [2.75, 3.05) is 7.11 Å². The van der Waals surface area contributed by atoms with Crippen LogP contribution >= 0.6 is 11.6 Å². The molecule has 0 unspecified atom stereocenters. The van der Waals surface area contributed by atoms with E-state index >= 15 is 4.39 Å². The number of Topliss-reactive ketones (excluding diaryl/α,β-unsaturated/α-hetero) is 1. The Labute approximate surface area is 193 Å². The van der Waals surface area contributed by atoms with Crippen LogP contribution in [0.4, 0.5) is 4.39 Å². The second-order valence-corrected chi connectivity index (χ2v) is 7.62. The Morgan fingerprint density at radius 1 is 1.30 bits per heavy atom. The largest absolute Gasteiger partial charge is 0.481 e. The number of carbonyl (C=O) groups excluding carboxylic acids is 1. The van der Waals surface area contributed by atoms with Gasteiger partial charge >= 0.3 is 5.69 Å². The molecule has 0 radical (unpaired) electrons. The Morgan fingerprint density at radius 3 is 2.61 bits per heavy atom. The van der Waals surface area contributed by atoms with Crippen LogP contribution in [-0.2, 0) is 19.6 Å². The molecule has 0 aliphatic heterocycles. The molecule has 0 fully saturated rings. The van der Waals surface area contributed by atoms with Crippen molar-refractivity contribution >= 4 is 17.4 Å². The number of ketones is 1. The summed E-state index contributed by atoms with van der Waals surface area (Å²) >= 11 is 6.15. The van der Waals surface area contributed by atoms with Gasteiger partial charge in [0.25, 0.3) is 0 Å². The van der Waals surface area contributed by atoms with E-state index in [4.69, 9.17) is 21.1 Å². The Balaban J connectivity index is 2.09. The van der Waals surface area contributed by atoms with Crippen molar-refractivity contribution in [2.45, 2.75) is 46.4 Å². The molecule has 0 saturated carbocycles. The van der Waals surface area contributed by atoms with Crippen LogP contribution in [0.1, 0.15) is 42.6 Å². The van der Waals surface area contributed by atoms with Gasteiger partial charge in [0, 0.05) is 12.6 Å². The van der Waals surface area contributed by atoms with Crippen LogP contribution < -0.4 is 15.2 Å². The average molecular weight is 480 g/mol. The second kappa shape index (κ2) is 10.1. The van der Waals surface area contributed by atoms with Crippen molar-refractivity contribution in [1.29, 1.82) is 0 Å². The van der Waals surface area contributed by atoms with Crippen molar-refractivity contribution in [1.82, 2.24) is 24.3 Å². The molecule has 3 heterocycles. The molecular weight excluding hydrogens is 457 g/mol. The molecule has 10 nitrogen and oxygen atoms in total. The molecule has 176 valence electrons. The minimum absolute atomic E-state index is 0.0499. The first-order valence-corrected chi connectivity index (χ1v) is 10.5. The number of hydrogen-bond donors (Lipinski definition) is 1. The molecule has 3 aromatic heterocycles. The minimum atomic E-state index is -0.966. The Bertz CT molecular complexity index is 1240. The van der Waals surface area contributed by atoms with E-state index in [2.05, 4.69) is 15.1 Å². The molecule has 0 aromatic carbocycles. The third-order valence-corrected chi connectivity index (χ3v) is 4.94. The normalized spacial score (nSPS) is 11.2. The number of ether oxygens (including phenoxy) is 2. The topological polar surface area (TPSA) is 121 Å². The summed E-state index contributed by atoms with van der Waals surface area (Å²) in [6.45, 7) is 4.81. The lowest BCUT2D eigenvalue weighted by Gasteiger charge is -2.14. The first kappa shape index (κ1) is 24.3. The number of nitrogens with zero attached hydrogens (tertiary/aromatic N) is 5. The number of pyridine rings is 2. The summed E-state index contributed by atoms with van der Waals surface area (Å²) in [6, 6.07) is 4.03. The van der Waals surface area contributed by atoms with Gasteiger partial charge in [-0.2, -0.15) is 9.67 Å². The molecule has 0 aliphatic carbocycles. The van der Waals surface area contributed by atoms with Gasteiger partial charge in [0.05, 0.1) is 35.9 Å². The van der Waals surface area contributed by atoms with Gasteiger partial charge in [-0.25, -0.2) is 14.2 Å². The van der Waals surface area contributed by atoms with Gasteiger partial charge in [0.2, 0.25) is 11.8 Å². The SMILES string of the molecule is CCn1c(CO)nn(-c2nc(OC(C)C)c(C(=O)Cc3nc(OC)ccc3Cl)cc2F)c1=O. The summed E-state index contributed by atoms with van der Waals surface area (Å²) in [5, 5.41) is 13.6. The zero-order chi connectivity index (χ0) is 24.3. The zero-order valence-corrected chi connectivity index (χ0v) is 19.3. The van der Waals surface area contributed by atoms with Crippen molar-refractivity contribution in [3.05, 3.63) is 56.6 Å². The van der Waals surface area contributed by atoms with E-state index in [-0.39, 0.29) is 46.8 Å². The number of aliphatic hydroxyl groups excluding tert-OH is 1. The molecule has 0 bridgehead atoms. The third-order valence-electron chi connectivity index (χ3n) is 4.60. The Kier molecular flexibility index (Phi) is 7.44. The van der Waals surface area contributed by atoms with Crippen LogP contribution in [0, 0.1) is 5.82 Å². The smallest absolute Gasteiger partial charge is 0.352 e. The van der Waals surface area contributed by atoms with E-state index in [1.807, 2.05) is 0 Å². The summed E-state index contributed by atoms with van der Waals surface area (Å²) in [5.41, 5.74) is -0.586. The maximum Gasteiger partial charge on any atom is 0.352 e. The third kappa shape index (κ3) is 5.04. The molecule has 1 N–H and O–H groups in total. The highest BCUT2D eigenvalue weighted by Crippen LogP contribution is 2.26. The standard InChI is InChI=1S/C21H23ClFN5O5/c1-5-27-17(10-29)26-28(21(27)31)19-14(23)8-12(20(25-19)33-11(2)3)16(30)9-15-13(22)6-7-18(24-15)32-4/h6-8,11,29H,5,9-10H2,1-4H3. The van der Waals surface area contributed by atoms with Crippen molar-refractivity contribution in [3.63, 3.8) is 0 Å². The van der Waals surface area contributed by atoms with Gasteiger partial charge in [0.1, 0.15) is 6.61 Å². The lowest BCUT2D eigenvalue weighted by atomic mass is 10.1. The summed E-state index contributed by atoms with van der Waals surface area (Å²) in [5.74, 6) is -1.82. The number of halogens is 2. The Hall–Kier alpha value is -3.31. The molecular formula is C21H23ClFN5O5. The summed E-state index contributed by atoms with van der Waals surface area (Å²) < 4.78 is 27.7. The zero-order valence-electron chi connectivity index (χ0n) is 18.5. The van der Waals surface area contributed by atoms with Crippen LogP contribution in [0.5, 0.6) is 11.8 Å². The van der Waals surface area contributed by atoms with Crippen LogP contribution in [0.25, 0.3) is 5.82 Å². The highest BCUT2D eigenvalue weighted by molar-refractivity contribution is 6.31. The number of hydrogen-bond acceptors (Lipinski definition) is 8.